The van der Waals surface area contributed by atoms with Gasteiger partial charge in [-0.15, -0.1) is 0 Å². The first-order chi connectivity index (χ1) is 4.57. The molecule has 1 nitrogen and oxygen atoms in total. The Morgan fingerprint density at radius 3 is 2.30 bits per heavy atom. The van der Waals surface area contributed by atoms with Crippen LogP contribution in [0.15, 0.2) is 24.1 Å². The van der Waals surface area contributed by atoms with Crippen LogP contribution in [0.3, 0.4) is 0 Å². The van der Waals surface area contributed by atoms with Gasteiger partial charge in [0.15, 0.2) is 5.78 Å². The van der Waals surface area contributed by atoms with Crippen LogP contribution in [0.1, 0.15) is 20.3 Å². The second-order valence-electron chi connectivity index (χ2n) is 2.04. The first-order valence-corrected chi connectivity index (χ1v) is 3.13. The molecule has 0 atom stereocenters. The highest BCUT2D eigenvalue weighted by molar-refractivity contribution is 5.88. The van der Waals surface area contributed by atoms with E-state index in [1.165, 1.54) is 13.0 Å². The Morgan fingerprint density at radius 1 is 1.70 bits per heavy atom. The van der Waals surface area contributed by atoms with Crippen LogP contribution in [0.4, 0.5) is 4.39 Å². The zero-order valence-electron chi connectivity index (χ0n) is 6.28. The summed E-state index contributed by atoms with van der Waals surface area (Å²) >= 11 is 0. The topological polar surface area (TPSA) is 17.1 Å². The molecule has 0 saturated heterocycles. The van der Waals surface area contributed by atoms with Gasteiger partial charge in [0, 0.05) is 0 Å². The normalized spacial score (nSPS) is 11.3. The van der Waals surface area contributed by atoms with Crippen molar-refractivity contribution in [3.05, 3.63) is 24.1 Å². The average Bonchev–Trinajstić information content (AvgIpc) is 1.81. The third kappa shape index (κ3) is 3.17. The van der Waals surface area contributed by atoms with Crippen LogP contribution < -0.4 is 0 Å². The average molecular weight is 142 g/mol. The summed E-state index contributed by atoms with van der Waals surface area (Å²) in [5.41, 5.74) is 0.382. The number of hydrogen-bond donors (Lipinski definition) is 0. The van der Waals surface area contributed by atoms with E-state index in [2.05, 4.69) is 6.58 Å². The van der Waals surface area contributed by atoms with E-state index >= 15 is 0 Å². The first kappa shape index (κ1) is 9.08. The fraction of sp³-hybridized carbons (Fsp3) is 0.375. The molecule has 2 heteroatoms. The minimum absolute atomic E-state index is 0.143. The van der Waals surface area contributed by atoms with Crippen molar-refractivity contribution in [2.45, 2.75) is 20.3 Å². The van der Waals surface area contributed by atoms with Crippen molar-refractivity contribution in [1.29, 1.82) is 0 Å². The third-order valence-corrected chi connectivity index (χ3v) is 1.11. The number of ketones is 1. The number of halogens is 1. The number of carbonyl (C=O) groups is 1. The second-order valence-corrected chi connectivity index (χ2v) is 2.04. The van der Waals surface area contributed by atoms with Crippen molar-refractivity contribution in [2.75, 3.05) is 0 Å². The highest BCUT2D eigenvalue weighted by Crippen LogP contribution is 2.12. The van der Waals surface area contributed by atoms with Gasteiger partial charge in [0.05, 0.1) is 0 Å². The maximum atomic E-state index is 12.3. The number of carbonyl (C=O) groups excluding carboxylic acids is 1. The summed E-state index contributed by atoms with van der Waals surface area (Å²) in [4.78, 5) is 10.4. The Balaban J connectivity index is 4.34. The molecule has 0 bridgehead atoms. The lowest BCUT2D eigenvalue weighted by molar-refractivity contribution is -0.112. The number of rotatable bonds is 3. The molecule has 0 aromatic rings. The Kier molecular flexibility index (Phi) is 3.62. The van der Waals surface area contributed by atoms with Gasteiger partial charge >= 0.3 is 0 Å². The first-order valence-electron chi connectivity index (χ1n) is 3.13. The highest BCUT2D eigenvalue weighted by atomic mass is 19.1. The molecule has 0 rings (SSSR count). The minimum atomic E-state index is -0.516. The summed E-state index contributed by atoms with van der Waals surface area (Å²) in [5.74, 6) is -0.659. The summed E-state index contributed by atoms with van der Waals surface area (Å²) in [7, 11) is 0. The smallest absolute Gasteiger partial charge is 0.152 e. The molecule has 0 saturated carbocycles. The Bertz CT molecular complexity index is 180. The lowest BCUT2D eigenvalue weighted by Gasteiger charge is -1.96. The van der Waals surface area contributed by atoms with Crippen LogP contribution in [0.2, 0.25) is 0 Å². The summed E-state index contributed by atoms with van der Waals surface area (Å²) in [6.07, 6.45) is 1.78. The largest absolute Gasteiger partial charge is 0.295 e. The fourth-order valence-corrected chi connectivity index (χ4v) is 0.618. The molecule has 0 radical (unpaired) electrons. The molecule has 0 aliphatic heterocycles. The standard InChI is InChI=1S/C8H11FO/c1-4-8(7(3)9)5-6(2)10/h5H,3-4H2,1-2H3/b8-5-. The molecule has 0 aromatic heterocycles. The maximum absolute atomic E-state index is 12.3. The summed E-state index contributed by atoms with van der Waals surface area (Å²) in [6.45, 7) is 6.26. The van der Waals surface area contributed by atoms with Gasteiger partial charge in [0.25, 0.3) is 0 Å². The molecular weight excluding hydrogens is 131 g/mol. The third-order valence-electron chi connectivity index (χ3n) is 1.11. The van der Waals surface area contributed by atoms with Gasteiger partial charge in [-0.1, -0.05) is 13.5 Å². The lowest BCUT2D eigenvalue weighted by atomic mass is 10.1. The van der Waals surface area contributed by atoms with E-state index in [4.69, 9.17) is 0 Å². The molecule has 10 heavy (non-hydrogen) atoms. The van der Waals surface area contributed by atoms with E-state index in [1.807, 2.05) is 0 Å². The molecule has 0 aromatic carbocycles. The minimum Gasteiger partial charge on any atom is -0.295 e. The maximum Gasteiger partial charge on any atom is 0.152 e. The van der Waals surface area contributed by atoms with Crippen LogP contribution in [0.25, 0.3) is 0 Å². The molecule has 0 N–H and O–H groups in total. The molecule has 0 aliphatic carbocycles. The fourth-order valence-electron chi connectivity index (χ4n) is 0.618. The molecular formula is C8H11FO. The van der Waals surface area contributed by atoms with Crippen molar-refractivity contribution >= 4 is 5.78 Å². The predicted octanol–water partition coefficient (Wildman–Crippen LogP) is 2.40. The SMILES string of the molecule is C=C(F)/C(=C\C(C)=O)CC. The Morgan fingerprint density at radius 2 is 2.20 bits per heavy atom. The van der Waals surface area contributed by atoms with E-state index in [0.29, 0.717) is 12.0 Å². The Labute approximate surface area is 60.2 Å². The van der Waals surface area contributed by atoms with E-state index in [-0.39, 0.29) is 5.78 Å². The van der Waals surface area contributed by atoms with E-state index in [0.717, 1.165) is 0 Å². The second kappa shape index (κ2) is 3.99. The van der Waals surface area contributed by atoms with Gasteiger partial charge in [-0.25, -0.2) is 4.39 Å². The van der Waals surface area contributed by atoms with Gasteiger partial charge in [-0.05, 0) is 25.0 Å². The summed E-state index contributed by atoms with van der Waals surface area (Å²) < 4.78 is 12.3. The van der Waals surface area contributed by atoms with Gasteiger partial charge in [0.2, 0.25) is 0 Å². The van der Waals surface area contributed by atoms with Crippen molar-refractivity contribution in [1.82, 2.24) is 0 Å². The van der Waals surface area contributed by atoms with E-state index in [1.54, 1.807) is 6.92 Å². The van der Waals surface area contributed by atoms with Gasteiger partial charge in [-0.3, -0.25) is 4.79 Å². The zero-order chi connectivity index (χ0) is 8.15. The van der Waals surface area contributed by atoms with Crippen LogP contribution >= 0.6 is 0 Å². The molecule has 0 aliphatic rings. The molecule has 0 heterocycles. The van der Waals surface area contributed by atoms with E-state index in [9.17, 15) is 9.18 Å². The molecule has 0 unspecified atom stereocenters. The monoisotopic (exact) mass is 142 g/mol. The number of allylic oxidation sites excluding steroid dienone is 3. The van der Waals surface area contributed by atoms with Crippen LogP contribution in [-0.4, -0.2) is 5.78 Å². The lowest BCUT2D eigenvalue weighted by Crippen LogP contribution is -1.87. The Hall–Kier alpha value is -0.920. The van der Waals surface area contributed by atoms with Gasteiger partial charge in [-0.2, -0.15) is 0 Å². The summed E-state index contributed by atoms with van der Waals surface area (Å²) in [5, 5.41) is 0. The molecule has 0 spiro atoms. The molecule has 0 amide bonds. The van der Waals surface area contributed by atoms with Crippen LogP contribution in [-0.2, 0) is 4.79 Å². The molecule has 56 valence electrons. The van der Waals surface area contributed by atoms with Crippen molar-refractivity contribution < 1.29 is 9.18 Å². The van der Waals surface area contributed by atoms with Crippen LogP contribution in [0, 0.1) is 0 Å². The van der Waals surface area contributed by atoms with Gasteiger partial charge in [0.1, 0.15) is 5.83 Å². The van der Waals surface area contributed by atoms with Crippen molar-refractivity contribution in [2.24, 2.45) is 0 Å². The van der Waals surface area contributed by atoms with Crippen molar-refractivity contribution in [3.63, 3.8) is 0 Å². The quantitative estimate of drug-likeness (QED) is 0.436. The zero-order valence-corrected chi connectivity index (χ0v) is 6.28. The van der Waals surface area contributed by atoms with Crippen LogP contribution in [0.5, 0.6) is 0 Å². The highest BCUT2D eigenvalue weighted by Gasteiger charge is 1.98. The summed E-state index contributed by atoms with van der Waals surface area (Å²) in [6, 6.07) is 0. The van der Waals surface area contributed by atoms with Crippen molar-refractivity contribution in [3.8, 4) is 0 Å². The molecule has 0 fully saturated rings. The predicted molar refractivity (Wildman–Crippen MR) is 39.3 cm³/mol. The van der Waals surface area contributed by atoms with E-state index < -0.39 is 5.83 Å². The number of hydrogen-bond acceptors (Lipinski definition) is 1. The van der Waals surface area contributed by atoms with Gasteiger partial charge < -0.3 is 0 Å².